The van der Waals surface area contributed by atoms with E-state index in [2.05, 4.69) is 4.90 Å². The van der Waals surface area contributed by atoms with Crippen molar-refractivity contribution >= 4 is 5.91 Å². The van der Waals surface area contributed by atoms with Crippen molar-refractivity contribution in [2.45, 2.75) is 31.7 Å². The Morgan fingerprint density at radius 2 is 1.78 bits per heavy atom. The molecular formula is C19H26N2O2. The zero-order valence-corrected chi connectivity index (χ0v) is 13.9. The van der Waals surface area contributed by atoms with E-state index in [1.54, 1.807) is 7.11 Å². The number of methoxy groups -OCH3 is 1. The second-order valence-electron chi connectivity index (χ2n) is 7.30. The molecule has 0 radical (unpaired) electrons. The van der Waals surface area contributed by atoms with Gasteiger partial charge in [0, 0.05) is 37.8 Å². The molecule has 3 aliphatic rings. The van der Waals surface area contributed by atoms with Gasteiger partial charge in [-0.05, 0) is 55.4 Å². The van der Waals surface area contributed by atoms with Gasteiger partial charge in [0.15, 0.2) is 0 Å². The minimum absolute atomic E-state index is 0.153. The lowest BCUT2D eigenvalue weighted by molar-refractivity contribution is 0.0496. The fraction of sp³-hybridized carbons (Fsp3) is 0.632. The summed E-state index contributed by atoms with van der Waals surface area (Å²) in [6, 6.07) is 8.25. The summed E-state index contributed by atoms with van der Waals surface area (Å²) in [5.41, 5.74) is 0.763. The topological polar surface area (TPSA) is 32.8 Å². The number of nitrogens with zero attached hydrogens (tertiary/aromatic N) is 2. The van der Waals surface area contributed by atoms with Gasteiger partial charge in [-0.3, -0.25) is 9.69 Å². The molecule has 23 heavy (non-hydrogen) atoms. The first-order valence-electron chi connectivity index (χ1n) is 8.92. The first-order chi connectivity index (χ1) is 11.2. The molecule has 4 heteroatoms. The summed E-state index contributed by atoms with van der Waals surface area (Å²) < 4.78 is 5.16. The second-order valence-corrected chi connectivity index (χ2v) is 7.30. The molecule has 1 aromatic carbocycles. The van der Waals surface area contributed by atoms with E-state index in [4.69, 9.17) is 4.74 Å². The molecule has 1 aromatic rings. The van der Waals surface area contributed by atoms with E-state index in [-0.39, 0.29) is 5.91 Å². The first kappa shape index (κ1) is 15.0. The number of fused-ring (bicyclic) bond motifs is 2. The summed E-state index contributed by atoms with van der Waals surface area (Å²) in [7, 11) is 1.64. The van der Waals surface area contributed by atoms with Gasteiger partial charge >= 0.3 is 0 Å². The van der Waals surface area contributed by atoms with E-state index in [0.717, 1.165) is 55.4 Å². The third-order valence-electron chi connectivity index (χ3n) is 6.11. The lowest BCUT2D eigenvalue weighted by atomic mass is 9.93. The molecule has 2 saturated carbocycles. The number of piperazine rings is 1. The number of hydrogen-bond donors (Lipinski definition) is 0. The zero-order valence-electron chi connectivity index (χ0n) is 13.9. The monoisotopic (exact) mass is 314 g/mol. The second kappa shape index (κ2) is 6.16. The lowest BCUT2D eigenvalue weighted by Crippen LogP contribution is -2.53. The van der Waals surface area contributed by atoms with Gasteiger partial charge in [0.1, 0.15) is 5.75 Å². The standard InChI is InChI=1S/C19H26N2O2/c1-23-17-6-4-15(5-7-17)19(22)21-10-8-20(9-11-21)18-13-14-2-3-16(18)12-14/h4-7,14,16,18H,2-3,8-13H2,1H3/t14-,16-,18+/m0/s1. The molecule has 2 aliphatic carbocycles. The van der Waals surface area contributed by atoms with Gasteiger partial charge in [-0.1, -0.05) is 6.42 Å². The molecule has 0 unspecified atom stereocenters. The number of carbonyl (C=O) groups is 1. The highest BCUT2D eigenvalue weighted by Crippen LogP contribution is 2.46. The van der Waals surface area contributed by atoms with Crippen molar-refractivity contribution in [2.75, 3.05) is 33.3 Å². The number of rotatable bonds is 3. The molecule has 1 aliphatic heterocycles. The Labute approximate surface area is 138 Å². The number of hydrogen-bond acceptors (Lipinski definition) is 3. The van der Waals surface area contributed by atoms with Crippen molar-refractivity contribution in [3.63, 3.8) is 0 Å². The van der Waals surface area contributed by atoms with Crippen LogP contribution < -0.4 is 4.74 Å². The molecule has 1 heterocycles. The maximum atomic E-state index is 12.6. The Balaban J connectivity index is 1.34. The van der Waals surface area contributed by atoms with E-state index in [0.29, 0.717) is 0 Å². The van der Waals surface area contributed by atoms with E-state index in [9.17, 15) is 4.79 Å². The van der Waals surface area contributed by atoms with Crippen molar-refractivity contribution < 1.29 is 9.53 Å². The number of ether oxygens (including phenoxy) is 1. The smallest absolute Gasteiger partial charge is 0.253 e. The fourth-order valence-electron chi connectivity index (χ4n) is 4.83. The lowest BCUT2D eigenvalue weighted by Gasteiger charge is -2.41. The number of carbonyl (C=O) groups excluding carboxylic acids is 1. The van der Waals surface area contributed by atoms with Gasteiger partial charge in [0.05, 0.1) is 7.11 Å². The van der Waals surface area contributed by atoms with Crippen LogP contribution in [0.4, 0.5) is 0 Å². The van der Waals surface area contributed by atoms with E-state index in [1.165, 1.54) is 25.7 Å². The third-order valence-corrected chi connectivity index (χ3v) is 6.11. The summed E-state index contributed by atoms with van der Waals surface area (Å²) in [6.45, 7) is 3.79. The van der Waals surface area contributed by atoms with Crippen LogP contribution in [0.1, 0.15) is 36.0 Å². The Kier molecular flexibility index (Phi) is 4.02. The fourth-order valence-corrected chi connectivity index (χ4v) is 4.83. The van der Waals surface area contributed by atoms with Gasteiger partial charge in [-0.25, -0.2) is 0 Å². The van der Waals surface area contributed by atoms with Crippen LogP contribution in [0.2, 0.25) is 0 Å². The van der Waals surface area contributed by atoms with Crippen LogP contribution in [-0.2, 0) is 0 Å². The van der Waals surface area contributed by atoms with Gasteiger partial charge in [-0.15, -0.1) is 0 Å². The first-order valence-corrected chi connectivity index (χ1v) is 8.92. The largest absolute Gasteiger partial charge is 0.497 e. The highest BCUT2D eigenvalue weighted by Gasteiger charge is 2.42. The molecule has 3 atom stereocenters. The maximum absolute atomic E-state index is 12.6. The van der Waals surface area contributed by atoms with Crippen molar-refractivity contribution in [3.8, 4) is 5.75 Å². The molecule has 4 rings (SSSR count). The number of benzene rings is 1. The van der Waals surface area contributed by atoms with Crippen LogP contribution in [-0.4, -0.2) is 55.0 Å². The van der Waals surface area contributed by atoms with Gasteiger partial charge < -0.3 is 9.64 Å². The molecule has 0 aromatic heterocycles. The summed E-state index contributed by atoms with van der Waals surface area (Å²) in [5, 5.41) is 0. The summed E-state index contributed by atoms with van der Waals surface area (Å²) in [5.74, 6) is 2.87. The van der Waals surface area contributed by atoms with Crippen LogP contribution in [0.25, 0.3) is 0 Å². The summed E-state index contributed by atoms with van der Waals surface area (Å²) in [4.78, 5) is 17.3. The highest BCUT2D eigenvalue weighted by atomic mass is 16.5. The van der Waals surface area contributed by atoms with Crippen molar-refractivity contribution in [1.82, 2.24) is 9.80 Å². The minimum atomic E-state index is 0.153. The Bertz CT molecular complexity index is 563. The molecule has 4 nitrogen and oxygen atoms in total. The molecule has 1 saturated heterocycles. The quantitative estimate of drug-likeness (QED) is 0.860. The Hall–Kier alpha value is -1.55. The predicted octanol–water partition coefficient (Wildman–Crippen LogP) is 2.64. The predicted molar refractivity (Wildman–Crippen MR) is 89.7 cm³/mol. The van der Waals surface area contributed by atoms with Gasteiger partial charge in [0.25, 0.3) is 5.91 Å². The highest BCUT2D eigenvalue weighted by molar-refractivity contribution is 5.94. The third kappa shape index (κ3) is 2.85. The summed E-state index contributed by atoms with van der Waals surface area (Å²) in [6.07, 6.45) is 5.74. The molecule has 2 bridgehead atoms. The molecular weight excluding hydrogens is 288 g/mol. The minimum Gasteiger partial charge on any atom is -0.497 e. The Morgan fingerprint density at radius 1 is 1.04 bits per heavy atom. The molecule has 0 N–H and O–H groups in total. The normalized spacial score (nSPS) is 30.7. The van der Waals surface area contributed by atoms with Crippen molar-refractivity contribution in [3.05, 3.63) is 29.8 Å². The van der Waals surface area contributed by atoms with E-state index in [1.807, 2.05) is 29.2 Å². The van der Waals surface area contributed by atoms with Crippen LogP contribution in [0.15, 0.2) is 24.3 Å². The van der Waals surface area contributed by atoms with Crippen LogP contribution in [0, 0.1) is 11.8 Å². The average Bonchev–Trinajstić information content (AvgIpc) is 3.25. The SMILES string of the molecule is COc1ccc(C(=O)N2CCN([C@@H]3C[C@H]4CC[C@H]3C4)CC2)cc1. The maximum Gasteiger partial charge on any atom is 0.253 e. The molecule has 0 spiro atoms. The molecule has 3 fully saturated rings. The van der Waals surface area contributed by atoms with Crippen LogP contribution in [0.3, 0.4) is 0 Å². The Morgan fingerprint density at radius 3 is 2.35 bits per heavy atom. The van der Waals surface area contributed by atoms with Crippen molar-refractivity contribution in [1.29, 1.82) is 0 Å². The van der Waals surface area contributed by atoms with E-state index < -0.39 is 0 Å². The van der Waals surface area contributed by atoms with Gasteiger partial charge in [0.2, 0.25) is 0 Å². The van der Waals surface area contributed by atoms with E-state index >= 15 is 0 Å². The van der Waals surface area contributed by atoms with Crippen LogP contribution in [0.5, 0.6) is 5.75 Å². The molecule has 1 amide bonds. The number of amides is 1. The summed E-state index contributed by atoms with van der Waals surface area (Å²) >= 11 is 0. The van der Waals surface area contributed by atoms with Gasteiger partial charge in [-0.2, -0.15) is 0 Å². The zero-order chi connectivity index (χ0) is 15.8. The van der Waals surface area contributed by atoms with Crippen molar-refractivity contribution in [2.24, 2.45) is 11.8 Å². The van der Waals surface area contributed by atoms with Crippen LogP contribution >= 0.6 is 0 Å². The average molecular weight is 314 g/mol. The molecule has 124 valence electrons.